The van der Waals surface area contributed by atoms with Crippen LogP contribution in [0.1, 0.15) is 124 Å². The Morgan fingerprint density at radius 2 is 1.44 bits per heavy atom. The monoisotopic (exact) mass is 448 g/mol. The second kappa shape index (κ2) is 19.2. The molecule has 0 saturated carbocycles. The van der Waals surface area contributed by atoms with Crippen molar-refractivity contribution in [2.75, 3.05) is 19.6 Å². The number of nitrogens with one attached hydrogen (secondary N) is 2. The topological polar surface area (TPSA) is 41.1 Å². The zero-order chi connectivity index (χ0) is 23.3. The van der Waals surface area contributed by atoms with Crippen LogP contribution in [0.5, 0.6) is 0 Å². The van der Waals surface area contributed by atoms with Crippen molar-refractivity contribution in [3.63, 3.8) is 0 Å². The number of carbonyl (C=O) groups is 1. The van der Waals surface area contributed by atoms with Crippen LogP contribution in [-0.2, 0) is 4.79 Å². The molecule has 0 aromatic carbocycles. The molecule has 0 aliphatic carbocycles. The summed E-state index contributed by atoms with van der Waals surface area (Å²) in [6.07, 6.45) is 31.5. The van der Waals surface area contributed by atoms with Gasteiger partial charge in [0, 0.05) is 13.3 Å². The molecular formula is C28H54N3O+. The van der Waals surface area contributed by atoms with Gasteiger partial charge in [0.15, 0.2) is 6.17 Å². The zero-order valence-corrected chi connectivity index (χ0v) is 21.7. The number of rotatable bonds is 21. The van der Waals surface area contributed by atoms with E-state index in [9.17, 15) is 4.79 Å². The Bertz CT molecular complexity index is 517. The molecular weight excluding hydrogens is 394 g/mol. The molecule has 4 nitrogen and oxygen atoms in total. The van der Waals surface area contributed by atoms with Gasteiger partial charge in [-0.25, -0.2) is 0 Å². The lowest BCUT2D eigenvalue weighted by atomic mass is 10.0. The molecule has 0 bridgehead atoms. The second-order valence-corrected chi connectivity index (χ2v) is 9.70. The van der Waals surface area contributed by atoms with Gasteiger partial charge >= 0.3 is 0 Å². The van der Waals surface area contributed by atoms with Gasteiger partial charge in [0.25, 0.3) is 0 Å². The highest BCUT2D eigenvalue weighted by Crippen LogP contribution is 2.22. The van der Waals surface area contributed by atoms with Crippen molar-refractivity contribution in [2.24, 2.45) is 0 Å². The van der Waals surface area contributed by atoms with E-state index in [1.54, 1.807) is 6.92 Å². The van der Waals surface area contributed by atoms with Crippen LogP contribution >= 0.6 is 0 Å². The fourth-order valence-corrected chi connectivity index (χ4v) is 4.82. The van der Waals surface area contributed by atoms with Gasteiger partial charge in [0.1, 0.15) is 12.7 Å². The van der Waals surface area contributed by atoms with E-state index in [2.05, 4.69) is 49.0 Å². The van der Waals surface area contributed by atoms with Gasteiger partial charge in [-0.05, 0) is 26.2 Å². The van der Waals surface area contributed by atoms with E-state index in [0.29, 0.717) is 6.17 Å². The van der Waals surface area contributed by atoms with E-state index in [1.165, 1.54) is 89.9 Å². The minimum absolute atomic E-state index is 0.0584. The fraction of sp³-hybridized carbons (Fsp3) is 0.821. The minimum Gasteiger partial charge on any atom is -0.351 e. The van der Waals surface area contributed by atoms with Crippen molar-refractivity contribution in [1.82, 2.24) is 10.6 Å². The van der Waals surface area contributed by atoms with Gasteiger partial charge in [-0.1, -0.05) is 96.1 Å². The average Bonchev–Trinajstić information content (AvgIpc) is 3.18. The number of hydrogen-bond donors (Lipinski definition) is 2. The van der Waals surface area contributed by atoms with Gasteiger partial charge in [-0.15, -0.1) is 0 Å². The lowest BCUT2D eigenvalue weighted by Crippen LogP contribution is -2.55. The summed E-state index contributed by atoms with van der Waals surface area (Å²) < 4.78 is 0.924. The Kier molecular flexibility index (Phi) is 17.2. The number of amides is 1. The molecule has 1 aliphatic heterocycles. The number of nitrogens with zero attached hydrogens (tertiary/aromatic N) is 1. The SMILES string of the molecule is CCCCCCCCCCCCCCC/C=C/CCC1NC=C[N+]1(CC)CCNC(C)=O. The number of carbonyl (C=O) groups excluding carboxylic acids is 1. The van der Waals surface area contributed by atoms with Crippen molar-refractivity contribution in [1.29, 1.82) is 0 Å². The van der Waals surface area contributed by atoms with Crippen molar-refractivity contribution >= 4 is 5.91 Å². The second-order valence-electron chi connectivity index (χ2n) is 9.70. The fourth-order valence-electron chi connectivity index (χ4n) is 4.82. The van der Waals surface area contributed by atoms with Gasteiger partial charge < -0.3 is 10.6 Å². The molecule has 0 fully saturated rings. The van der Waals surface area contributed by atoms with Gasteiger partial charge in [0.05, 0.1) is 19.3 Å². The van der Waals surface area contributed by atoms with Crippen molar-refractivity contribution in [3.05, 3.63) is 24.6 Å². The quantitative estimate of drug-likeness (QED) is 0.111. The van der Waals surface area contributed by atoms with Gasteiger partial charge in [-0.3, -0.25) is 9.28 Å². The van der Waals surface area contributed by atoms with E-state index >= 15 is 0 Å². The molecule has 0 spiro atoms. The van der Waals surface area contributed by atoms with Crippen LogP contribution < -0.4 is 10.6 Å². The maximum atomic E-state index is 11.2. The Hall–Kier alpha value is -1.29. The highest BCUT2D eigenvalue weighted by Gasteiger charge is 2.35. The van der Waals surface area contributed by atoms with Crippen molar-refractivity contribution in [3.8, 4) is 0 Å². The highest BCUT2D eigenvalue weighted by atomic mass is 16.1. The molecule has 4 heteroatoms. The van der Waals surface area contributed by atoms with Crippen molar-refractivity contribution in [2.45, 2.75) is 130 Å². The first-order valence-corrected chi connectivity index (χ1v) is 13.8. The molecule has 2 unspecified atom stereocenters. The summed E-state index contributed by atoms with van der Waals surface area (Å²) in [6, 6.07) is 0. The molecule has 0 saturated heterocycles. The molecule has 0 radical (unpaired) electrons. The maximum Gasteiger partial charge on any atom is 0.217 e. The first-order valence-electron chi connectivity index (χ1n) is 13.8. The third kappa shape index (κ3) is 13.3. The standard InChI is InChI=1S/C28H53N3O/c1-4-6-7-8-9-10-11-12-13-14-15-16-17-18-19-20-21-22-28-30-24-26-31(28,5-2)25-23-29-27(3)32/h19-20,24,26,28,30H,4-18,21-23,25H2,1-3H3/p+1/b20-19+. The van der Waals surface area contributed by atoms with Crippen LogP contribution in [0, 0.1) is 0 Å². The Labute approximate surface area is 199 Å². The smallest absolute Gasteiger partial charge is 0.217 e. The largest absolute Gasteiger partial charge is 0.351 e. The van der Waals surface area contributed by atoms with Crippen LogP contribution in [0.3, 0.4) is 0 Å². The van der Waals surface area contributed by atoms with E-state index in [1.807, 2.05) is 0 Å². The van der Waals surface area contributed by atoms with Crippen molar-refractivity contribution < 1.29 is 9.28 Å². The van der Waals surface area contributed by atoms with Crippen LogP contribution in [-0.4, -0.2) is 36.2 Å². The number of allylic oxidation sites excluding steroid dienone is 2. The first-order chi connectivity index (χ1) is 15.6. The number of unbranched alkanes of at least 4 members (excludes halogenated alkanes) is 13. The van der Waals surface area contributed by atoms with E-state index in [-0.39, 0.29) is 5.91 Å². The molecule has 1 rings (SSSR count). The van der Waals surface area contributed by atoms with Gasteiger partial charge in [-0.2, -0.15) is 0 Å². The molecule has 0 aromatic rings. The van der Waals surface area contributed by atoms with E-state index in [0.717, 1.165) is 37.0 Å². The Morgan fingerprint density at radius 1 is 0.875 bits per heavy atom. The summed E-state index contributed by atoms with van der Waals surface area (Å²) in [6.45, 7) is 8.86. The maximum absolute atomic E-state index is 11.2. The zero-order valence-electron chi connectivity index (χ0n) is 21.7. The Morgan fingerprint density at radius 3 is 2.00 bits per heavy atom. The van der Waals surface area contributed by atoms with E-state index < -0.39 is 0 Å². The summed E-state index contributed by atoms with van der Waals surface area (Å²) >= 11 is 0. The van der Waals surface area contributed by atoms with Crippen LogP contribution in [0.2, 0.25) is 0 Å². The number of likely N-dealkylation sites (N-methyl/N-ethyl adjacent to an activating group) is 1. The van der Waals surface area contributed by atoms with Gasteiger partial charge in [0.2, 0.25) is 5.91 Å². The normalized spacial score (nSPS) is 20.2. The third-order valence-electron chi connectivity index (χ3n) is 7.02. The van der Waals surface area contributed by atoms with Crippen LogP contribution in [0.25, 0.3) is 0 Å². The summed E-state index contributed by atoms with van der Waals surface area (Å²) in [7, 11) is 0. The lowest BCUT2D eigenvalue weighted by molar-refractivity contribution is -0.898. The Balaban J connectivity index is 1.97. The molecule has 1 heterocycles. The predicted molar refractivity (Wildman–Crippen MR) is 139 cm³/mol. The minimum atomic E-state index is 0.0584. The molecule has 1 amide bonds. The predicted octanol–water partition coefficient (Wildman–Crippen LogP) is 7.18. The summed E-state index contributed by atoms with van der Waals surface area (Å²) in [5, 5.41) is 6.48. The third-order valence-corrected chi connectivity index (χ3v) is 7.02. The first kappa shape index (κ1) is 28.7. The molecule has 1 aliphatic rings. The van der Waals surface area contributed by atoms with Crippen LogP contribution in [0.4, 0.5) is 0 Å². The average molecular weight is 449 g/mol. The van der Waals surface area contributed by atoms with E-state index in [4.69, 9.17) is 0 Å². The number of hydrogen-bond acceptors (Lipinski definition) is 2. The lowest BCUT2D eigenvalue weighted by Gasteiger charge is -2.37. The number of quaternary nitrogens is 1. The molecule has 0 aromatic heterocycles. The highest BCUT2D eigenvalue weighted by molar-refractivity contribution is 5.72. The summed E-state index contributed by atoms with van der Waals surface area (Å²) in [5.41, 5.74) is 0. The molecule has 2 N–H and O–H groups in total. The molecule has 2 atom stereocenters. The molecule has 32 heavy (non-hydrogen) atoms. The summed E-state index contributed by atoms with van der Waals surface area (Å²) in [5.74, 6) is 0.0584. The molecule has 186 valence electrons. The van der Waals surface area contributed by atoms with Crippen LogP contribution in [0.15, 0.2) is 24.6 Å². The summed E-state index contributed by atoms with van der Waals surface area (Å²) in [4.78, 5) is 11.2.